The molecule has 0 fully saturated rings. The number of rotatable bonds is 4. The lowest BCUT2D eigenvalue weighted by atomic mass is 10.0. The molecule has 1 N–H and O–H groups in total. The predicted molar refractivity (Wildman–Crippen MR) is 94.1 cm³/mol. The van der Waals surface area contributed by atoms with E-state index in [1.165, 1.54) is 0 Å². The molecule has 0 unspecified atom stereocenters. The number of halogens is 6. The summed E-state index contributed by atoms with van der Waals surface area (Å²) in [6.45, 7) is 0.0844. The van der Waals surface area contributed by atoms with Crippen LogP contribution in [0.25, 0.3) is 0 Å². The minimum atomic E-state index is -5.08. The highest BCUT2D eigenvalue weighted by atomic mass is 19.4. The van der Waals surface area contributed by atoms with Crippen molar-refractivity contribution in [3.8, 4) is 11.5 Å². The molecule has 7 nitrogen and oxygen atoms in total. The maximum absolute atomic E-state index is 13.0. The minimum Gasteiger partial charge on any atom is -0.454 e. The number of anilines is 1. The van der Waals surface area contributed by atoms with Crippen molar-refractivity contribution in [2.75, 3.05) is 12.1 Å². The highest BCUT2D eigenvalue weighted by molar-refractivity contribution is 6.03. The second-order valence-electron chi connectivity index (χ2n) is 6.61. The van der Waals surface area contributed by atoms with Gasteiger partial charge in [0.05, 0.1) is 17.5 Å². The highest BCUT2D eigenvalue weighted by Gasteiger charge is 2.37. The average Bonchev–Trinajstić information content (AvgIpc) is 3.35. The fraction of sp³-hybridized carbons (Fsp3) is 0.211. The van der Waals surface area contributed by atoms with Crippen LogP contribution in [0.1, 0.15) is 32.9 Å². The van der Waals surface area contributed by atoms with Crippen LogP contribution in [-0.2, 0) is 18.8 Å². The van der Waals surface area contributed by atoms with Crippen molar-refractivity contribution in [2.45, 2.75) is 18.8 Å². The van der Waals surface area contributed by atoms with Crippen LogP contribution in [0.4, 0.5) is 32.4 Å². The van der Waals surface area contributed by atoms with Gasteiger partial charge in [0.2, 0.25) is 12.7 Å². The predicted octanol–water partition coefficient (Wildman–Crippen LogP) is 4.68. The van der Waals surface area contributed by atoms with E-state index in [4.69, 9.17) is 13.9 Å². The molecule has 13 heteroatoms. The summed E-state index contributed by atoms with van der Waals surface area (Å²) in [6, 6.07) is 5.08. The summed E-state index contributed by atoms with van der Waals surface area (Å²) < 4.78 is 93.4. The summed E-state index contributed by atoms with van der Waals surface area (Å²) in [7, 11) is 0. The molecular formula is C19H11F6N3O4. The number of amides is 1. The summed E-state index contributed by atoms with van der Waals surface area (Å²) in [4.78, 5) is 12.3. The first-order valence-electron chi connectivity index (χ1n) is 8.81. The van der Waals surface area contributed by atoms with Crippen LogP contribution in [0.15, 0.2) is 40.8 Å². The number of aromatic nitrogens is 2. The number of fused-ring (bicyclic) bond motifs is 1. The largest absolute Gasteiger partial charge is 0.454 e. The summed E-state index contributed by atoms with van der Waals surface area (Å²) in [5.41, 5.74) is -3.41. The van der Waals surface area contributed by atoms with Gasteiger partial charge in [-0.25, -0.2) is 0 Å². The number of alkyl halides is 6. The van der Waals surface area contributed by atoms with Gasteiger partial charge in [0.25, 0.3) is 5.91 Å². The monoisotopic (exact) mass is 459 g/mol. The lowest BCUT2D eigenvalue weighted by Crippen LogP contribution is -2.17. The first kappa shape index (κ1) is 21.5. The third-order valence-electron chi connectivity index (χ3n) is 4.33. The van der Waals surface area contributed by atoms with Crippen LogP contribution in [0.3, 0.4) is 0 Å². The van der Waals surface area contributed by atoms with Gasteiger partial charge in [-0.15, -0.1) is 5.10 Å². The molecule has 2 aromatic carbocycles. The molecule has 168 valence electrons. The summed E-state index contributed by atoms with van der Waals surface area (Å²) in [5, 5.41) is 9.25. The second-order valence-corrected chi connectivity index (χ2v) is 6.61. The number of ether oxygens (including phenoxy) is 2. The molecule has 3 aromatic rings. The van der Waals surface area contributed by atoms with E-state index in [9.17, 15) is 31.1 Å². The zero-order valence-corrected chi connectivity index (χ0v) is 15.7. The quantitative estimate of drug-likeness (QED) is 0.571. The Morgan fingerprint density at radius 2 is 1.56 bits per heavy atom. The van der Waals surface area contributed by atoms with E-state index in [2.05, 4.69) is 10.2 Å². The van der Waals surface area contributed by atoms with E-state index in [1.807, 2.05) is 5.32 Å². The van der Waals surface area contributed by atoms with Crippen LogP contribution in [0, 0.1) is 0 Å². The fourth-order valence-electron chi connectivity index (χ4n) is 2.86. The van der Waals surface area contributed by atoms with E-state index in [0.717, 1.165) is 0 Å². The fourth-order valence-corrected chi connectivity index (χ4v) is 2.86. The molecule has 1 amide bonds. The van der Waals surface area contributed by atoms with Crippen molar-refractivity contribution < 1.29 is 45.0 Å². The lowest BCUT2D eigenvalue weighted by Gasteiger charge is -2.13. The summed E-state index contributed by atoms with van der Waals surface area (Å²) in [5.74, 6) is -0.161. The van der Waals surface area contributed by atoms with Gasteiger partial charge in [-0.3, -0.25) is 10.1 Å². The topological polar surface area (TPSA) is 86.5 Å². The van der Waals surface area contributed by atoms with Crippen LogP contribution in [0.5, 0.6) is 11.5 Å². The number of hydrogen-bond acceptors (Lipinski definition) is 6. The van der Waals surface area contributed by atoms with E-state index in [0.29, 0.717) is 29.2 Å². The zero-order chi connectivity index (χ0) is 23.1. The van der Waals surface area contributed by atoms with Crippen LogP contribution in [0.2, 0.25) is 0 Å². The molecule has 1 aliphatic rings. The molecule has 0 radical (unpaired) electrons. The SMILES string of the molecule is O=C(Nc1nnc(Cc2ccc3c(c2)OCO3)o1)c1cc(C(F)(F)F)cc(C(F)(F)F)c1. The maximum Gasteiger partial charge on any atom is 0.416 e. The molecule has 0 atom stereocenters. The Morgan fingerprint density at radius 3 is 2.22 bits per heavy atom. The van der Waals surface area contributed by atoms with E-state index < -0.39 is 41.0 Å². The third-order valence-corrected chi connectivity index (χ3v) is 4.33. The molecular weight excluding hydrogens is 448 g/mol. The normalized spacial score (nSPS) is 13.3. The Morgan fingerprint density at radius 1 is 0.906 bits per heavy atom. The molecule has 0 aliphatic carbocycles. The Balaban J connectivity index is 1.51. The van der Waals surface area contributed by atoms with Crippen LogP contribution >= 0.6 is 0 Å². The number of hydrogen-bond donors (Lipinski definition) is 1. The van der Waals surface area contributed by atoms with Gasteiger partial charge in [0, 0.05) is 5.56 Å². The molecule has 4 rings (SSSR count). The number of carbonyl (C=O) groups excluding carboxylic acids is 1. The van der Waals surface area contributed by atoms with E-state index in [1.54, 1.807) is 18.2 Å². The molecule has 0 spiro atoms. The van der Waals surface area contributed by atoms with Gasteiger partial charge < -0.3 is 13.9 Å². The highest BCUT2D eigenvalue weighted by Crippen LogP contribution is 2.36. The molecule has 0 saturated carbocycles. The van der Waals surface area contributed by atoms with Crippen molar-refractivity contribution in [1.82, 2.24) is 10.2 Å². The standard InChI is InChI=1S/C19H11F6N3O4/c20-18(21,22)11-5-10(6-12(7-11)19(23,24)25)16(29)26-17-28-27-15(32-17)4-9-1-2-13-14(3-9)31-8-30-13/h1-3,5-7H,4,8H2,(H,26,28,29). The summed E-state index contributed by atoms with van der Waals surface area (Å²) >= 11 is 0. The van der Waals surface area contributed by atoms with E-state index >= 15 is 0 Å². The van der Waals surface area contributed by atoms with E-state index in [-0.39, 0.29) is 25.2 Å². The molecule has 32 heavy (non-hydrogen) atoms. The zero-order valence-electron chi connectivity index (χ0n) is 15.7. The first-order valence-corrected chi connectivity index (χ1v) is 8.81. The van der Waals surface area contributed by atoms with Gasteiger partial charge in [-0.1, -0.05) is 11.2 Å². The third kappa shape index (κ3) is 4.60. The number of benzene rings is 2. The molecule has 0 saturated heterocycles. The van der Waals surface area contributed by atoms with Gasteiger partial charge in [-0.2, -0.15) is 26.3 Å². The number of nitrogens with zero attached hydrogens (tertiary/aromatic N) is 2. The lowest BCUT2D eigenvalue weighted by molar-refractivity contribution is -0.143. The molecule has 1 aliphatic heterocycles. The van der Waals surface area contributed by atoms with Gasteiger partial charge in [0.15, 0.2) is 11.5 Å². The number of carbonyl (C=O) groups is 1. The molecule has 2 heterocycles. The summed E-state index contributed by atoms with van der Waals surface area (Å²) in [6.07, 6.45) is -10.0. The average molecular weight is 459 g/mol. The Labute approximate surface area is 174 Å². The van der Waals surface area contributed by atoms with Gasteiger partial charge >= 0.3 is 18.4 Å². The Hall–Kier alpha value is -3.77. The van der Waals surface area contributed by atoms with Crippen LogP contribution < -0.4 is 14.8 Å². The van der Waals surface area contributed by atoms with Gasteiger partial charge in [-0.05, 0) is 35.9 Å². The number of nitrogens with one attached hydrogen (secondary N) is 1. The Bertz CT molecular complexity index is 1140. The van der Waals surface area contributed by atoms with Crippen molar-refractivity contribution in [1.29, 1.82) is 0 Å². The second kappa shape index (κ2) is 7.73. The van der Waals surface area contributed by atoms with Crippen molar-refractivity contribution in [3.63, 3.8) is 0 Å². The minimum absolute atomic E-state index is 0.0409. The van der Waals surface area contributed by atoms with Crippen molar-refractivity contribution in [2.24, 2.45) is 0 Å². The first-order chi connectivity index (χ1) is 15.0. The van der Waals surface area contributed by atoms with Crippen molar-refractivity contribution >= 4 is 11.9 Å². The molecule has 0 bridgehead atoms. The Kier molecular flexibility index (Phi) is 5.18. The smallest absolute Gasteiger partial charge is 0.416 e. The van der Waals surface area contributed by atoms with Crippen molar-refractivity contribution in [3.05, 3.63) is 64.5 Å². The molecule has 1 aromatic heterocycles. The van der Waals surface area contributed by atoms with Gasteiger partial charge in [0.1, 0.15) is 0 Å². The van der Waals surface area contributed by atoms with Crippen LogP contribution in [-0.4, -0.2) is 22.9 Å². The maximum atomic E-state index is 13.0.